The van der Waals surface area contributed by atoms with Gasteiger partial charge in [0.25, 0.3) is 0 Å². The number of hydrogen-bond donors (Lipinski definition) is 2. The first-order chi connectivity index (χ1) is 9.44. The zero-order chi connectivity index (χ0) is 14.6. The van der Waals surface area contributed by atoms with E-state index in [9.17, 15) is 4.79 Å². The number of benzene rings is 1. The quantitative estimate of drug-likeness (QED) is 0.859. The Labute approximate surface area is 123 Å². The fourth-order valence-electron chi connectivity index (χ4n) is 1.84. The Bertz CT molecular complexity index is 553. The van der Waals surface area contributed by atoms with Gasteiger partial charge in [-0.25, -0.2) is 4.98 Å². The lowest BCUT2D eigenvalue weighted by Crippen LogP contribution is -2.45. The van der Waals surface area contributed by atoms with Crippen LogP contribution in [0.25, 0.3) is 10.2 Å². The van der Waals surface area contributed by atoms with Crippen molar-refractivity contribution in [1.29, 1.82) is 0 Å². The number of rotatable bonds is 6. The van der Waals surface area contributed by atoms with E-state index in [-0.39, 0.29) is 11.4 Å². The van der Waals surface area contributed by atoms with Gasteiger partial charge < -0.3 is 11.1 Å². The summed E-state index contributed by atoms with van der Waals surface area (Å²) in [6, 6.07) is 8.11. The fourth-order valence-corrected chi connectivity index (χ4v) is 2.85. The molecule has 1 aromatic heterocycles. The Morgan fingerprint density at radius 3 is 2.85 bits per heavy atom. The highest BCUT2D eigenvalue weighted by Gasteiger charge is 2.12. The average Bonchev–Trinajstić information content (AvgIpc) is 2.78. The molecule has 3 N–H and O–H groups in total. The maximum absolute atomic E-state index is 11.7. The Hall–Kier alpha value is -1.46. The summed E-state index contributed by atoms with van der Waals surface area (Å²) in [7, 11) is 0. The molecule has 4 nitrogen and oxygen atoms in total. The van der Waals surface area contributed by atoms with Crippen molar-refractivity contribution in [3.8, 4) is 0 Å². The van der Waals surface area contributed by atoms with Crippen LogP contribution in [0, 0.1) is 0 Å². The number of nitrogens with two attached hydrogens (primary N) is 1. The maximum Gasteiger partial charge on any atom is 0.220 e. The Morgan fingerprint density at radius 1 is 1.40 bits per heavy atom. The van der Waals surface area contributed by atoms with Crippen LogP contribution in [0.3, 0.4) is 0 Å². The van der Waals surface area contributed by atoms with Crippen LogP contribution in [0.5, 0.6) is 0 Å². The molecule has 0 fully saturated rings. The summed E-state index contributed by atoms with van der Waals surface area (Å²) >= 11 is 1.70. The Balaban J connectivity index is 1.76. The molecule has 1 amide bonds. The monoisotopic (exact) mass is 291 g/mol. The van der Waals surface area contributed by atoms with Crippen molar-refractivity contribution in [2.24, 2.45) is 5.73 Å². The van der Waals surface area contributed by atoms with Gasteiger partial charge in [0.15, 0.2) is 0 Å². The summed E-state index contributed by atoms with van der Waals surface area (Å²) in [5.41, 5.74) is 6.51. The predicted octanol–water partition coefficient (Wildman–Crippen LogP) is 2.47. The van der Waals surface area contributed by atoms with E-state index in [0.29, 0.717) is 13.0 Å². The number of aromatic nitrogens is 1. The van der Waals surface area contributed by atoms with Crippen molar-refractivity contribution >= 4 is 27.5 Å². The molecule has 0 aliphatic heterocycles. The van der Waals surface area contributed by atoms with Crippen LogP contribution < -0.4 is 11.1 Å². The molecule has 0 radical (unpaired) electrons. The lowest BCUT2D eigenvalue weighted by Gasteiger charge is -2.18. The van der Waals surface area contributed by atoms with Crippen LogP contribution in [0.1, 0.15) is 31.7 Å². The number of fused-ring (bicyclic) bond motifs is 1. The molecule has 2 rings (SSSR count). The van der Waals surface area contributed by atoms with Gasteiger partial charge >= 0.3 is 0 Å². The smallest absolute Gasteiger partial charge is 0.220 e. The molecule has 20 heavy (non-hydrogen) atoms. The van der Waals surface area contributed by atoms with E-state index in [1.807, 2.05) is 32.0 Å². The van der Waals surface area contributed by atoms with Gasteiger partial charge in [-0.05, 0) is 38.8 Å². The number of carbonyl (C=O) groups is 1. The third-order valence-electron chi connectivity index (χ3n) is 2.87. The molecule has 0 saturated heterocycles. The molecule has 0 spiro atoms. The molecule has 0 atom stereocenters. The molecule has 0 aliphatic rings. The second-order valence-corrected chi connectivity index (χ2v) is 6.81. The highest BCUT2D eigenvalue weighted by Crippen LogP contribution is 2.22. The lowest BCUT2D eigenvalue weighted by atomic mass is 10.1. The number of amides is 1. The number of hydrogen-bond acceptors (Lipinski definition) is 4. The summed E-state index contributed by atoms with van der Waals surface area (Å²) in [5, 5.41) is 3.95. The van der Waals surface area contributed by atoms with Crippen molar-refractivity contribution in [1.82, 2.24) is 10.3 Å². The van der Waals surface area contributed by atoms with Gasteiger partial charge in [-0.3, -0.25) is 4.79 Å². The van der Waals surface area contributed by atoms with Crippen LogP contribution in [0.4, 0.5) is 0 Å². The molecule has 108 valence electrons. The first-order valence-electron chi connectivity index (χ1n) is 6.84. The number of aryl methyl sites for hydroxylation is 1. The van der Waals surface area contributed by atoms with Crippen molar-refractivity contribution in [3.63, 3.8) is 0 Å². The molecular weight excluding hydrogens is 270 g/mol. The van der Waals surface area contributed by atoms with Crippen LogP contribution in [-0.2, 0) is 11.2 Å². The SMILES string of the molecule is CC(C)(N)CNC(=O)CCCc1nc2ccccc2s1. The van der Waals surface area contributed by atoms with E-state index in [1.165, 1.54) is 4.70 Å². The number of nitrogens with one attached hydrogen (secondary N) is 1. The molecular formula is C15H21N3OS. The molecule has 1 heterocycles. The Morgan fingerprint density at radius 2 is 2.15 bits per heavy atom. The number of nitrogens with zero attached hydrogens (tertiary/aromatic N) is 1. The van der Waals surface area contributed by atoms with E-state index in [0.717, 1.165) is 23.4 Å². The Kier molecular flexibility index (Phi) is 4.73. The number of para-hydroxylation sites is 1. The summed E-state index contributed by atoms with van der Waals surface area (Å²) in [6.07, 6.45) is 2.18. The lowest BCUT2D eigenvalue weighted by molar-refractivity contribution is -0.121. The van der Waals surface area contributed by atoms with Crippen LogP contribution in [-0.4, -0.2) is 23.0 Å². The maximum atomic E-state index is 11.7. The molecule has 0 aliphatic carbocycles. The van der Waals surface area contributed by atoms with E-state index in [2.05, 4.69) is 16.4 Å². The van der Waals surface area contributed by atoms with Crippen molar-refractivity contribution in [2.45, 2.75) is 38.6 Å². The largest absolute Gasteiger partial charge is 0.354 e. The van der Waals surface area contributed by atoms with Crippen molar-refractivity contribution < 1.29 is 4.79 Å². The van der Waals surface area contributed by atoms with Crippen LogP contribution in [0.2, 0.25) is 0 Å². The minimum atomic E-state index is -0.358. The number of thiazole rings is 1. The zero-order valence-corrected chi connectivity index (χ0v) is 12.8. The normalized spacial score (nSPS) is 11.8. The molecule has 5 heteroatoms. The van der Waals surface area contributed by atoms with Gasteiger partial charge in [-0.2, -0.15) is 0 Å². The van der Waals surface area contributed by atoms with E-state index >= 15 is 0 Å². The standard InChI is InChI=1S/C15H21N3OS/c1-15(2,16)10-17-13(19)8-5-9-14-18-11-6-3-4-7-12(11)20-14/h3-4,6-7H,5,8-10,16H2,1-2H3,(H,17,19). The van der Waals surface area contributed by atoms with Gasteiger partial charge in [0.05, 0.1) is 15.2 Å². The van der Waals surface area contributed by atoms with Gasteiger partial charge in [-0.15, -0.1) is 11.3 Å². The minimum absolute atomic E-state index is 0.0598. The first-order valence-corrected chi connectivity index (χ1v) is 7.66. The summed E-state index contributed by atoms with van der Waals surface area (Å²) in [6.45, 7) is 4.30. The molecule has 0 unspecified atom stereocenters. The molecule has 2 aromatic rings. The first kappa shape index (κ1) is 14.9. The fraction of sp³-hybridized carbons (Fsp3) is 0.467. The van der Waals surface area contributed by atoms with Crippen molar-refractivity contribution in [3.05, 3.63) is 29.3 Å². The molecule has 0 saturated carbocycles. The number of carbonyl (C=O) groups excluding carboxylic acids is 1. The topological polar surface area (TPSA) is 68.0 Å². The average molecular weight is 291 g/mol. The second kappa shape index (κ2) is 6.33. The van der Waals surface area contributed by atoms with E-state index in [1.54, 1.807) is 11.3 Å². The van der Waals surface area contributed by atoms with Crippen LogP contribution in [0.15, 0.2) is 24.3 Å². The molecule has 0 bridgehead atoms. The second-order valence-electron chi connectivity index (χ2n) is 5.69. The summed E-state index contributed by atoms with van der Waals surface area (Å²) in [5.74, 6) is 0.0598. The summed E-state index contributed by atoms with van der Waals surface area (Å²) in [4.78, 5) is 16.2. The van der Waals surface area contributed by atoms with E-state index < -0.39 is 0 Å². The van der Waals surface area contributed by atoms with Crippen molar-refractivity contribution in [2.75, 3.05) is 6.54 Å². The van der Waals surface area contributed by atoms with Gasteiger partial charge in [0, 0.05) is 18.5 Å². The summed E-state index contributed by atoms with van der Waals surface area (Å²) < 4.78 is 1.21. The van der Waals surface area contributed by atoms with E-state index in [4.69, 9.17) is 5.73 Å². The van der Waals surface area contributed by atoms with Gasteiger partial charge in [-0.1, -0.05) is 12.1 Å². The molecule has 1 aromatic carbocycles. The highest BCUT2D eigenvalue weighted by molar-refractivity contribution is 7.18. The van der Waals surface area contributed by atoms with Gasteiger partial charge in [0.2, 0.25) is 5.91 Å². The minimum Gasteiger partial charge on any atom is -0.354 e. The highest BCUT2D eigenvalue weighted by atomic mass is 32.1. The van der Waals surface area contributed by atoms with Crippen LogP contribution >= 0.6 is 11.3 Å². The zero-order valence-electron chi connectivity index (χ0n) is 12.0. The van der Waals surface area contributed by atoms with Gasteiger partial charge in [0.1, 0.15) is 0 Å². The predicted molar refractivity (Wildman–Crippen MR) is 83.8 cm³/mol. The third kappa shape index (κ3) is 4.58. The third-order valence-corrected chi connectivity index (χ3v) is 3.97.